The smallest absolute Gasteiger partial charge is 0.00531 e. The first kappa shape index (κ1) is 16.1. The van der Waals surface area contributed by atoms with Crippen molar-refractivity contribution in [3.63, 3.8) is 0 Å². The van der Waals surface area contributed by atoms with Gasteiger partial charge in [-0.15, -0.1) is 0 Å². The molecule has 1 aliphatic rings. The maximum absolute atomic E-state index is 2.43. The van der Waals surface area contributed by atoms with Crippen LogP contribution in [0.3, 0.4) is 0 Å². The molecule has 3 aromatic carbocycles. The summed E-state index contributed by atoms with van der Waals surface area (Å²) in [5.41, 5.74) is 5.65. The Bertz CT molecular complexity index is 911. The van der Waals surface area contributed by atoms with Crippen LogP contribution in [0.5, 0.6) is 0 Å². The van der Waals surface area contributed by atoms with Crippen molar-refractivity contribution in [2.24, 2.45) is 5.92 Å². The van der Waals surface area contributed by atoms with Gasteiger partial charge in [0.15, 0.2) is 0 Å². The van der Waals surface area contributed by atoms with Gasteiger partial charge in [-0.2, -0.15) is 0 Å². The minimum absolute atomic E-state index is 0.566. The summed E-state index contributed by atoms with van der Waals surface area (Å²) in [6.45, 7) is 4.69. The second-order valence-electron chi connectivity index (χ2n) is 7.34. The molecule has 0 heterocycles. The quantitative estimate of drug-likeness (QED) is 0.457. The van der Waals surface area contributed by atoms with Gasteiger partial charge in [0.25, 0.3) is 0 Å². The number of rotatable bonds is 5. The molecular formula is C25H26. The molecule has 0 aromatic heterocycles. The highest BCUT2D eigenvalue weighted by Crippen LogP contribution is 2.42. The zero-order chi connectivity index (χ0) is 17.2. The molecule has 0 heteroatoms. The Morgan fingerprint density at radius 3 is 2.52 bits per heavy atom. The molecule has 4 rings (SSSR count). The second-order valence-corrected chi connectivity index (χ2v) is 7.34. The van der Waals surface area contributed by atoms with E-state index in [0.29, 0.717) is 11.8 Å². The highest BCUT2D eigenvalue weighted by Gasteiger charge is 2.24. The van der Waals surface area contributed by atoms with Gasteiger partial charge in [-0.3, -0.25) is 0 Å². The van der Waals surface area contributed by atoms with Crippen molar-refractivity contribution >= 4 is 16.8 Å². The SMILES string of the molecule is CCCCC(C)C1C=Cc2c(-c3cccc4ccccc34)cccc21. The van der Waals surface area contributed by atoms with Gasteiger partial charge in [0, 0.05) is 5.92 Å². The minimum atomic E-state index is 0.566. The third-order valence-corrected chi connectivity index (χ3v) is 5.68. The van der Waals surface area contributed by atoms with Crippen LogP contribution in [0.4, 0.5) is 0 Å². The fourth-order valence-corrected chi connectivity index (χ4v) is 4.26. The van der Waals surface area contributed by atoms with Crippen LogP contribution in [0, 0.1) is 5.92 Å². The number of hydrogen-bond donors (Lipinski definition) is 0. The van der Waals surface area contributed by atoms with E-state index in [9.17, 15) is 0 Å². The Labute approximate surface area is 151 Å². The number of hydrogen-bond acceptors (Lipinski definition) is 0. The van der Waals surface area contributed by atoms with Crippen LogP contribution in [-0.4, -0.2) is 0 Å². The molecule has 3 aromatic rings. The molecule has 1 aliphatic carbocycles. The normalized spacial score (nSPS) is 17.0. The van der Waals surface area contributed by atoms with Crippen molar-refractivity contribution in [1.29, 1.82) is 0 Å². The van der Waals surface area contributed by atoms with Gasteiger partial charge >= 0.3 is 0 Å². The largest absolute Gasteiger partial charge is 0.0761 e. The highest BCUT2D eigenvalue weighted by atomic mass is 14.3. The van der Waals surface area contributed by atoms with Gasteiger partial charge in [-0.25, -0.2) is 0 Å². The molecule has 0 fully saturated rings. The molecule has 2 unspecified atom stereocenters. The van der Waals surface area contributed by atoms with E-state index in [1.165, 1.54) is 52.3 Å². The molecule has 0 amide bonds. The fraction of sp³-hybridized carbons (Fsp3) is 0.280. The first-order chi connectivity index (χ1) is 12.3. The summed E-state index contributed by atoms with van der Waals surface area (Å²) in [4.78, 5) is 0. The summed E-state index contributed by atoms with van der Waals surface area (Å²) in [6, 6.07) is 22.2. The molecule has 0 aliphatic heterocycles. The van der Waals surface area contributed by atoms with E-state index in [1.54, 1.807) is 0 Å². The van der Waals surface area contributed by atoms with E-state index in [4.69, 9.17) is 0 Å². The van der Waals surface area contributed by atoms with Crippen LogP contribution in [0.1, 0.15) is 50.2 Å². The number of allylic oxidation sites excluding steroid dienone is 1. The van der Waals surface area contributed by atoms with Gasteiger partial charge in [0.05, 0.1) is 0 Å². The molecule has 0 saturated carbocycles. The average molecular weight is 326 g/mol. The molecule has 0 bridgehead atoms. The van der Waals surface area contributed by atoms with Crippen molar-refractivity contribution in [3.8, 4) is 11.1 Å². The van der Waals surface area contributed by atoms with Crippen LogP contribution in [-0.2, 0) is 0 Å². The van der Waals surface area contributed by atoms with Gasteiger partial charge in [-0.1, -0.05) is 99.5 Å². The summed E-state index contributed by atoms with van der Waals surface area (Å²) in [6.07, 6.45) is 8.70. The Hall–Kier alpha value is -2.34. The number of unbranched alkanes of at least 4 members (excludes halogenated alkanes) is 1. The van der Waals surface area contributed by atoms with Crippen LogP contribution in [0.2, 0.25) is 0 Å². The zero-order valence-corrected chi connectivity index (χ0v) is 15.2. The van der Waals surface area contributed by atoms with Crippen molar-refractivity contribution < 1.29 is 0 Å². The van der Waals surface area contributed by atoms with Crippen LogP contribution < -0.4 is 0 Å². The molecule has 0 N–H and O–H groups in total. The molecule has 126 valence electrons. The molecule has 0 spiro atoms. The van der Waals surface area contributed by atoms with Crippen LogP contribution in [0.15, 0.2) is 66.7 Å². The number of fused-ring (bicyclic) bond motifs is 2. The Morgan fingerprint density at radius 2 is 1.64 bits per heavy atom. The zero-order valence-electron chi connectivity index (χ0n) is 15.2. The van der Waals surface area contributed by atoms with E-state index in [-0.39, 0.29) is 0 Å². The van der Waals surface area contributed by atoms with Gasteiger partial charge in [0.1, 0.15) is 0 Å². The fourth-order valence-electron chi connectivity index (χ4n) is 4.26. The van der Waals surface area contributed by atoms with Gasteiger partial charge < -0.3 is 0 Å². The minimum Gasteiger partial charge on any atom is -0.0761 e. The topological polar surface area (TPSA) is 0 Å². The third kappa shape index (κ3) is 2.91. The maximum atomic E-state index is 2.43. The van der Waals surface area contributed by atoms with Crippen molar-refractivity contribution in [3.05, 3.63) is 77.9 Å². The van der Waals surface area contributed by atoms with Crippen LogP contribution in [0.25, 0.3) is 28.0 Å². The maximum Gasteiger partial charge on any atom is 0.00531 e. The lowest BCUT2D eigenvalue weighted by Gasteiger charge is -2.20. The lowest BCUT2D eigenvalue weighted by atomic mass is 9.84. The third-order valence-electron chi connectivity index (χ3n) is 5.68. The Kier molecular flexibility index (Phi) is 4.44. The number of benzene rings is 3. The summed E-state index contributed by atoms with van der Waals surface area (Å²) in [5.74, 6) is 1.27. The van der Waals surface area contributed by atoms with E-state index >= 15 is 0 Å². The van der Waals surface area contributed by atoms with Crippen molar-refractivity contribution in [1.82, 2.24) is 0 Å². The lowest BCUT2D eigenvalue weighted by molar-refractivity contribution is 0.467. The summed E-state index contributed by atoms with van der Waals surface area (Å²) >= 11 is 0. The Balaban J connectivity index is 1.79. The molecular weight excluding hydrogens is 300 g/mol. The van der Waals surface area contributed by atoms with Gasteiger partial charge in [-0.05, 0) is 45.4 Å². The predicted molar refractivity (Wildman–Crippen MR) is 110 cm³/mol. The molecule has 0 saturated heterocycles. The van der Waals surface area contributed by atoms with Crippen molar-refractivity contribution in [2.45, 2.75) is 39.0 Å². The van der Waals surface area contributed by atoms with Gasteiger partial charge in [0.2, 0.25) is 0 Å². The van der Waals surface area contributed by atoms with E-state index < -0.39 is 0 Å². The highest BCUT2D eigenvalue weighted by molar-refractivity contribution is 5.99. The van der Waals surface area contributed by atoms with E-state index in [1.807, 2.05) is 0 Å². The monoisotopic (exact) mass is 326 g/mol. The predicted octanol–water partition coefficient (Wildman–Crippen LogP) is 7.44. The first-order valence-electron chi connectivity index (χ1n) is 9.59. The summed E-state index contributed by atoms with van der Waals surface area (Å²) < 4.78 is 0. The standard InChI is InChI=1S/C25H26/c1-3-4-9-18(2)20-16-17-25-22(20)14-8-15-24(25)23-13-7-11-19-10-5-6-12-21(19)23/h5-8,10-18,20H,3-4,9H2,1-2H3. The average Bonchev–Trinajstić information content (AvgIpc) is 3.10. The summed E-state index contributed by atoms with van der Waals surface area (Å²) in [7, 11) is 0. The Morgan fingerprint density at radius 1 is 0.880 bits per heavy atom. The van der Waals surface area contributed by atoms with Crippen LogP contribution >= 0.6 is 0 Å². The van der Waals surface area contributed by atoms with Crippen molar-refractivity contribution in [2.75, 3.05) is 0 Å². The first-order valence-corrected chi connectivity index (χ1v) is 9.59. The molecule has 2 atom stereocenters. The van der Waals surface area contributed by atoms with E-state index in [2.05, 4.69) is 86.7 Å². The second kappa shape index (κ2) is 6.88. The van der Waals surface area contributed by atoms with E-state index in [0.717, 1.165) is 0 Å². The summed E-state index contributed by atoms with van der Waals surface area (Å²) in [5, 5.41) is 2.65. The molecule has 0 radical (unpaired) electrons. The lowest BCUT2D eigenvalue weighted by Crippen LogP contribution is -2.06. The molecule has 25 heavy (non-hydrogen) atoms. The molecule has 0 nitrogen and oxygen atoms in total.